The van der Waals surface area contributed by atoms with Crippen LogP contribution >= 0.6 is 11.6 Å². The predicted molar refractivity (Wildman–Crippen MR) is 104 cm³/mol. The number of carbonyl (C=O) groups excluding carboxylic acids is 1. The van der Waals surface area contributed by atoms with Gasteiger partial charge in [-0.3, -0.25) is 4.79 Å². The average Bonchev–Trinajstić information content (AvgIpc) is 2.68. The number of allylic oxidation sites excluding steroid dienone is 7. The zero-order chi connectivity index (χ0) is 19.0. The van der Waals surface area contributed by atoms with Crippen molar-refractivity contribution in [3.05, 3.63) is 76.9 Å². The Balaban J connectivity index is 1.74. The molecule has 0 amide bonds. The second-order valence-electron chi connectivity index (χ2n) is 7.03. The van der Waals surface area contributed by atoms with Gasteiger partial charge in [-0.05, 0) is 24.0 Å². The van der Waals surface area contributed by atoms with Crippen molar-refractivity contribution in [2.24, 2.45) is 11.7 Å². The Bertz CT molecular complexity index is 966. The van der Waals surface area contributed by atoms with E-state index in [0.29, 0.717) is 30.6 Å². The van der Waals surface area contributed by atoms with Crippen LogP contribution in [0.15, 0.2) is 71.3 Å². The minimum atomic E-state index is -0.925. The van der Waals surface area contributed by atoms with Gasteiger partial charge in [0.25, 0.3) is 0 Å². The lowest BCUT2D eigenvalue weighted by Crippen LogP contribution is -2.40. The highest BCUT2D eigenvalue weighted by Crippen LogP contribution is 2.49. The second-order valence-corrected chi connectivity index (χ2v) is 7.73. The molecule has 1 aromatic carbocycles. The molecule has 0 saturated carbocycles. The largest absolute Gasteiger partial charge is 0.444 e. The summed E-state index contributed by atoms with van der Waals surface area (Å²) in [7, 11) is 0. The van der Waals surface area contributed by atoms with Gasteiger partial charge in [0.2, 0.25) is 5.88 Å². The van der Waals surface area contributed by atoms with Gasteiger partial charge in [-0.15, -0.1) is 11.6 Å². The number of hydrogen-bond donors (Lipinski definition) is 1. The van der Waals surface area contributed by atoms with Crippen LogP contribution in [0, 0.1) is 17.2 Å². The molecule has 0 spiro atoms. The summed E-state index contributed by atoms with van der Waals surface area (Å²) < 4.78 is 5.62. The molecule has 1 aromatic rings. The normalized spacial score (nSPS) is 27.6. The molecule has 5 heteroatoms. The molecule has 0 aromatic heterocycles. The van der Waals surface area contributed by atoms with Gasteiger partial charge in [0, 0.05) is 18.4 Å². The van der Waals surface area contributed by atoms with Crippen LogP contribution in [0.5, 0.6) is 0 Å². The van der Waals surface area contributed by atoms with Gasteiger partial charge < -0.3 is 10.5 Å². The molecule has 1 heterocycles. The summed E-state index contributed by atoms with van der Waals surface area (Å²) >= 11 is 7.02. The summed E-state index contributed by atoms with van der Waals surface area (Å²) in [6.07, 6.45) is 8.20. The fourth-order valence-electron chi connectivity index (χ4n) is 4.03. The molecule has 0 fully saturated rings. The van der Waals surface area contributed by atoms with Crippen LogP contribution in [0.4, 0.5) is 0 Å². The van der Waals surface area contributed by atoms with Crippen LogP contribution in [0.1, 0.15) is 31.2 Å². The Morgan fingerprint density at radius 1 is 1.26 bits per heavy atom. The van der Waals surface area contributed by atoms with Gasteiger partial charge in [-0.1, -0.05) is 48.6 Å². The number of benzene rings is 1. The second kappa shape index (κ2) is 6.75. The van der Waals surface area contributed by atoms with E-state index in [4.69, 9.17) is 22.1 Å². The first-order valence-corrected chi connectivity index (χ1v) is 9.39. The van der Waals surface area contributed by atoms with Crippen LogP contribution in [0.25, 0.3) is 5.57 Å². The highest BCUT2D eigenvalue weighted by Gasteiger charge is 2.47. The van der Waals surface area contributed by atoms with Crippen LogP contribution in [-0.2, 0) is 9.53 Å². The number of ether oxygens (including phenoxy) is 1. The molecule has 0 saturated heterocycles. The Morgan fingerprint density at radius 3 is 2.70 bits per heavy atom. The summed E-state index contributed by atoms with van der Waals surface area (Å²) in [6.45, 7) is 0. The van der Waals surface area contributed by atoms with Gasteiger partial charge in [-0.2, -0.15) is 5.26 Å². The van der Waals surface area contributed by atoms with Gasteiger partial charge in [0.1, 0.15) is 11.8 Å². The third-order valence-electron chi connectivity index (χ3n) is 5.37. The Morgan fingerprint density at radius 2 is 2.04 bits per heavy atom. The number of alkyl halides is 1. The Hall–Kier alpha value is -2.77. The third-order valence-corrected chi connectivity index (χ3v) is 5.87. The molecule has 1 aliphatic heterocycles. The first-order valence-electron chi connectivity index (χ1n) is 9.01. The maximum Gasteiger partial charge on any atom is 0.204 e. The number of nitrogens with zero attached hydrogens (tertiary/aromatic N) is 1. The lowest BCUT2D eigenvalue weighted by molar-refractivity contribution is -0.117. The molecule has 0 bridgehead atoms. The number of nitriles is 1. The molecule has 27 heavy (non-hydrogen) atoms. The molecule has 2 N–H and O–H groups in total. The minimum Gasteiger partial charge on any atom is -0.444 e. The Kier molecular flexibility index (Phi) is 4.41. The number of ketones is 1. The SMILES string of the molecule is N#CC1=C(N)OC2=C(C(=O)CCC2)C1C1(Cl)C=CC(c2ccccc2)=CC1. The molecule has 4 nitrogen and oxygen atoms in total. The third kappa shape index (κ3) is 2.98. The molecule has 3 aliphatic rings. The smallest absolute Gasteiger partial charge is 0.204 e. The van der Waals surface area contributed by atoms with Crippen molar-refractivity contribution in [3.8, 4) is 6.07 Å². The monoisotopic (exact) mass is 378 g/mol. The molecule has 136 valence electrons. The lowest BCUT2D eigenvalue weighted by Gasteiger charge is -2.39. The zero-order valence-corrected chi connectivity index (χ0v) is 15.5. The first kappa shape index (κ1) is 17.6. The van der Waals surface area contributed by atoms with E-state index in [1.165, 1.54) is 0 Å². The topological polar surface area (TPSA) is 76.1 Å². The van der Waals surface area contributed by atoms with Gasteiger partial charge in [-0.25, -0.2) is 0 Å². The fraction of sp³-hybridized carbons (Fsp3) is 0.273. The van der Waals surface area contributed by atoms with Crippen LogP contribution in [0.2, 0.25) is 0 Å². The summed E-state index contributed by atoms with van der Waals surface area (Å²) in [5, 5.41) is 9.68. The van der Waals surface area contributed by atoms with E-state index in [-0.39, 0.29) is 17.2 Å². The summed E-state index contributed by atoms with van der Waals surface area (Å²) in [4.78, 5) is 11.7. The summed E-state index contributed by atoms with van der Waals surface area (Å²) in [6, 6.07) is 12.1. The zero-order valence-electron chi connectivity index (χ0n) is 14.7. The minimum absolute atomic E-state index is 0.00670. The van der Waals surface area contributed by atoms with Crippen LogP contribution in [0.3, 0.4) is 0 Å². The number of nitrogens with two attached hydrogens (primary N) is 1. The standard InChI is InChI=1S/C22H19ClN2O2/c23-22(11-9-15(10-12-22)14-5-2-1-3-6-14)20-16(13-24)21(25)27-18-8-4-7-17(26)19(18)20/h1-3,5-6,9-11,20H,4,7-8,12,25H2. The molecule has 2 atom stereocenters. The van der Waals surface area contributed by atoms with Crippen molar-refractivity contribution >= 4 is 23.0 Å². The molecule has 0 radical (unpaired) electrons. The molecule has 4 rings (SSSR count). The van der Waals surface area contributed by atoms with Crippen molar-refractivity contribution < 1.29 is 9.53 Å². The highest BCUT2D eigenvalue weighted by atomic mass is 35.5. The van der Waals surface area contributed by atoms with E-state index in [1.54, 1.807) is 0 Å². The molecule has 2 aliphatic carbocycles. The number of carbonyl (C=O) groups is 1. The van der Waals surface area contributed by atoms with Crippen LogP contribution in [-0.4, -0.2) is 10.7 Å². The van der Waals surface area contributed by atoms with Gasteiger partial charge in [0.05, 0.1) is 16.4 Å². The van der Waals surface area contributed by atoms with Crippen molar-refractivity contribution in [2.45, 2.75) is 30.6 Å². The van der Waals surface area contributed by atoms with E-state index in [9.17, 15) is 10.1 Å². The summed E-state index contributed by atoms with van der Waals surface area (Å²) in [5.41, 5.74) is 8.93. The van der Waals surface area contributed by atoms with Crippen molar-refractivity contribution in [3.63, 3.8) is 0 Å². The van der Waals surface area contributed by atoms with Crippen LogP contribution < -0.4 is 5.73 Å². The first-order chi connectivity index (χ1) is 13.0. The van der Waals surface area contributed by atoms with E-state index in [2.05, 4.69) is 12.1 Å². The quantitative estimate of drug-likeness (QED) is 0.776. The number of Topliss-reactive ketones (excluding diaryl/α,β-unsaturated/α-hetero) is 1. The highest BCUT2D eigenvalue weighted by molar-refractivity contribution is 6.27. The van der Waals surface area contributed by atoms with Gasteiger partial charge >= 0.3 is 0 Å². The van der Waals surface area contributed by atoms with E-state index < -0.39 is 10.8 Å². The number of hydrogen-bond acceptors (Lipinski definition) is 4. The summed E-state index contributed by atoms with van der Waals surface area (Å²) in [5.74, 6) is 0.0273. The van der Waals surface area contributed by atoms with E-state index in [1.807, 2.05) is 42.5 Å². The fourth-order valence-corrected chi connectivity index (χ4v) is 4.38. The van der Waals surface area contributed by atoms with E-state index in [0.717, 1.165) is 17.6 Å². The Labute approximate surface area is 163 Å². The lowest BCUT2D eigenvalue weighted by atomic mass is 9.71. The molecular formula is C22H19ClN2O2. The molecule has 2 unspecified atom stereocenters. The average molecular weight is 379 g/mol. The van der Waals surface area contributed by atoms with Gasteiger partial charge in [0.15, 0.2) is 5.78 Å². The maximum atomic E-state index is 12.7. The van der Waals surface area contributed by atoms with Crippen molar-refractivity contribution in [1.29, 1.82) is 5.26 Å². The van der Waals surface area contributed by atoms with Crippen molar-refractivity contribution in [2.75, 3.05) is 0 Å². The maximum absolute atomic E-state index is 12.7. The van der Waals surface area contributed by atoms with E-state index >= 15 is 0 Å². The predicted octanol–water partition coefficient (Wildman–Crippen LogP) is 4.35. The number of rotatable bonds is 2. The van der Waals surface area contributed by atoms with Crippen molar-refractivity contribution in [1.82, 2.24) is 0 Å². The number of halogens is 1. The molecular weight excluding hydrogens is 360 g/mol.